The van der Waals surface area contributed by atoms with Gasteiger partial charge in [-0.2, -0.15) is 0 Å². The van der Waals surface area contributed by atoms with Crippen molar-refractivity contribution in [2.45, 2.75) is 0 Å². The van der Waals surface area contributed by atoms with Crippen molar-refractivity contribution in [1.29, 1.82) is 0 Å². The number of carbonyl (C=O) groups is 1. The van der Waals surface area contributed by atoms with Gasteiger partial charge in [0, 0.05) is 4.47 Å². The lowest BCUT2D eigenvalue weighted by Gasteiger charge is -2.04. The predicted octanol–water partition coefficient (Wildman–Crippen LogP) is 1.72. The van der Waals surface area contributed by atoms with Crippen LogP contribution in [0.2, 0.25) is 0 Å². The second-order valence-corrected chi connectivity index (χ2v) is 3.89. The van der Waals surface area contributed by atoms with E-state index in [4.69, 9.17) is 9.94 Å². The van der Waals surface area contributed by atoms with Crippen LogP contribution in [0.25, 0.3) is 0 Å². The van der Waals surface area contributed by atoms with Gasteiger partial charge in [-0.1, -0.05) is 20.8 Å². The lowest BCUT2D eigenvalue weighted by atomic mass is 10.3. The van der Waals surface area contributed by atoms with Gasteiger partial charge >= 0.3 is 5.97 Å². The van der Waals surface area contributed by atoms with Gasteiger partial charge in [-0.15, -0.1) is 5.10 Å². The molecule has 0 aliphatic heterocycles. The fourth-order valence-electron chi connectivity index (χ4n) is 1.04. The highest BCUT2D eigenvalue weighted by molar-refractivity contribution is 9.10. The van der Waals surface area contributed by atoms with Gasteiger partial charge in [0.05, 0.1) is 0 Å². The first-order valence-electron chi connectivity index (χ1n) is 4.35. The first-order valence-corrected chi connectivity index (χ1v) is 5.14. The highest BCUT2D eigenvalue weighted by Gasteiger charge is 2.11. The highest BCUT2D eigenvalue weighted by atomic mass is 79.9. The molecule has 0 aliphatic carbocycles. The quantitative estimate of drug-likeness (QED) is 0.934. The van der Waals surface area contributed by atoms with Crippen molar-refractivity contribution in [3.63, 3.8) is 0 Å². The average Bonchev–Trinajstić information content (AvgIpc) is 2.71. The van der Waals surface area contributed by atoms with Crippen LogP contribution in [0.1, 0.15) is 10.5 Å². The minimum absolute atomic E-state index is 0.0879. The molecule has 0 unspecified atom stereocenters. The van der Waals surface area contributed by atoms with E-state index in [0.717, 1.165) is 11.0 Å². The number of nitrogens with zero attached hydrogens (tertiary/aromatic N) is 3. The van der Waals surface area contributed by atoms with Gasteiger partial charge in [-0.25, -0.2) is 9.18 Å². The normalized spacial score (nSPS) is 10.2. The summed E-state index contributed by atoms with van der Waals surface area (Å²) in [5.74, 6) is -1.93. The maximum atomic E-state index is 13.4. The number of aromatic nitrogens is 3. The molecule has 1 aromatic carbocycles. The predicted molar refractivity (Wildman–Crippen MR) is 57.1 cm³/mol. The van der Waals surface area contributed by atoms with E-state index in [1.54, 1.807) is 6.07 Å². The molecule has 0 amide bonds. The van der Waals surface area contributed by atoms with Crippen LogP contribution in [0.4, 0.5) is 4.39 Å². The van der Waals surface area contributed by atoms with Gasteiger partial charge in [0.1, 0.15) is 6.20 Å². The summed E-state index contributed by atoms with van der Waals surface area (Å²) in [5, 5.41) is 15.3. The standard InChI is InChI=1S/C9H5BrFN3O3/c10-5-1-2-8(6(11)3-5)17-14-4-7(9(15)16)12-13-14/h1-4H,(H,15,16). The van der Waals surface area contributed by atoms with E-state index in [0.29, 0.717) is 4.47 Å². The van der Waals surface area contributed by atoms with Gasteiger partial charge in [0.15, 0.2) is 17.3 Å². The molecule has 1 aromatic heterocycles. The van der Waals surface area contributed by atoms with E-state index >= 15 is 0 Å². The van der Waals surface area contributed by atoms with Crippen LogP contribution in [0, 0.1) is 5.82 Å². The summed E-state index contributed by atoms with van der Waals surface area (Å²) in [6.07, 6.45) is 1.03. The Bertz CT molecular complexity index is 572. The topological polar surface area (TPSA) is 77.2 Å². The number of aromatic carboxylic acids is 1. The van der Waals surface area contributed by atoms with Crippen LogP contribution >= 0.6 is 15.9 Å². The number of halogens is 2. The zero-order valence-corrected chi connectivity index (χ0v) is 9.76. The van der Waals surface area contributed by atoms with Crippen molar-refractivity contribution in [2.75, 3.05) is 0 Å². The third-order valence-electron chi connectivity index (χ3n) is 1.78. The van der Waals surface area contributed by atoms with Gasteiger partial charge in [0.2, 0.25) is 0 Å². The van der Waals surface area contributed by atoms with Crippen LogP contribution in [0.15, 0.2) is 28.9 Å². The molecule has 0 aliphatic rings. The molecule has 0 saturated carbocycles. The molecule has 2 rings (SSSR count). The zero-order valence-electron chi connectivity index (χ0n) is 8.17. The van der Waals surface area contributed by atoms with E-state index in [-0.39, 0.29) is 11.4 Å². The molecule has 2 aromatic rings. The van der Waals surface area contributed by atoms with Gasteiger partial charge in [-0.3, -0.25) is 0 Å². The monoisotopic (exact) mass is 301 g/mol. The molecule has 88 valence electrons. The third kappa shape index (κ3) is 2.59. The Morgan fingerprint density at radius 2 is 2.29 bits per heavy atom. The summed E-state index contributed by atoms with van der Waals surface area (Å²) in [7, 11) is 0. The number of benzene rings is 1. The Balaban J connectivity index is 2.22. The molecule has 8 heteroatoms. The molecular weight excluding hydrogens is 297 g/mol. The maximum Gasteiger partial charge on any atom is 0.358 e. The molecule has 0 bridgehead atoms. The molecule has 1 heterocycles. The average molecular weight is 302 g/mol. The van der Waals surface area contributed by atoms with Crippen LogP contribution < -0.4 is 4.84 Å². The van der Waals surface area contributed by atoms with E-state index in [2.05, 4.69) is 26.2 Å². The largest absolute Gasteiger partial charge is 0.476 e. The molecule has 0 spiro atoms. The number of hydrogen-bond acceptors (Lipinski definition) is 4. The molecule has 0 fully saturated rings. The summed E-state index contributed by atoms with van der Waals surface area (Å²) >= 11 is 3.10. The van der Waals surface area contributed by atoms with Crippen LogP contribution in [-0.2, 0) is 0 Å². The van der Waals surface area contributed by atoms with Crippen molar-refractivity contribution in [3.05, 3.63) is 40.4 Å². The molecule has 1 N–H and O–H groups in total. The van der Waals surface area contributed by atoms with Gasteiger partial charge in [-0.05, 0) is 23.4 Å². The second kappa shape index (κ2) is 4.50. The number of hydrogen-bond donors (Lipinski definition) is 1. The van der Waals surface area contributed by atoms with Gasteiger partial charge < -0.3 is 9.94 Å². The van der Waals surface area contributed by atoms with Crippen LogP contribution in [0.5, 0.6) is 5.75 Å². The van der Waals surface area contributed by atoms with Crippen LogP contribution in [-0.4, -0.2) is 26.2 Å². The lowest BCUT2D eigenvalue weighted by Crippen LogP contribution is -2.07. The van der Waals surface area contributed by atoms with Crippen molar-refractivity contribution in [2.24, 2.45) is 0 Å². The van der Waals surface area contributed by atoms with Crippen molar-refractivity contribution in [3.8, 4) is 5.75 Å². The number of rotatable bonds is 3. The second-order valence-electron chi connectivity index (χ2n) is 2.98. The highest BCUT2D eigenvalue weighted by Crippen LogP contribution is 2.21. The molecule has 0 atom stereocenters. The molecule has 0 saturated heterocycles. The van der Waals surface area contributed by atoms with E-state index in [1.165, 1.54) is 12.1 Å². The lowest BCUT2D eigenvalue weighted by molar-refractivity contribution is 0.0690. The first kappa shape index (κ1) is 11.5. The Morgan fingerprint density at radius 3 is 2.88 bits per heavy atom. The first-order chi connectivity index (χ1) is 8.06. The smallest absolute Gasteiger partial charge is 0.358 e. The Labute approximate surface area is 103 Å². The van der Waals surface area contributed by atoms with E-state index < -0.39 is 11.8 Å². The summed E-state index contributed by atoms with van der Waals surface area (Å²) in [6.45, 7) is 0. The molecular formula is C9H5BrFN3O3. The molecule has 6 nitrogen and oxygen atoms in total. The fraction of sp³-hybridized carbons (Fsp3) is 0. The summed E-state index contributed by atoms with van der Waals surface area (Å²) in [4.78, 5) is 16.3. The maximum absolute atomic E-state index is 13.4. The fourth-order valence-corrected chi connectivity index (χ4v) is 1.37. The summed E-state index contributed by atoms with van der Waals surface area (Å²) in [5.41, 5.74) is -0.289. The number of carboxylic acids is 1. The Morgan fingerprint density at radius 1 is 1.53 bits per heavy atom. The Kier molecular flexibility index (Phi) is 3.05. The van der Waals surface area contributed by atoms with Crippen molar-refractivity contribution >= 4 is 21.9 Å². The van der Waals surface area contributed by atoms with Gasteiger partial charge in [0.25, 0.3) is 0 Å². The molecule has 17 heavy (non-hydrogen) atoms. The SMILES string of the molecule is O=C(O)c1cn(Oc2ccc(Br)cc2F)nn1. The van der Waals surface area contributed by atoms with Crippen molar-refractivity contribution < 1.29 is 19.1 Å². The Hall–Kier alpha value is -1.96. The van der Waals surface area contributed by atoms with Crippen molar-refractivity contribution in [1.82, 2.24) is 15.2 Å². The zero-order chi connectivity index (χ0) is 12.4. The minimum Gasteiger partial charge on any atom is -0.476 e. The van der Waals surface area contributed by atoms with Crippen LogP contribution in [0.3, 0.4) is 0 Å². The van der Waals surface area contributed by atoms with E-state index in [1.807, 2.05) is 0 Å². The van der Waals surface area contributed by atoms with E-state index in [9.17, 15) is 9.18 Å². The molecule has 0 radical (unpaired) electrons. The minimum atomic E-state index is -1.24. The summed E-state index contributed by atoms with van der Waals surface area (Å²) in [6, 6.07) is 4.17. The summed E-state index contributed by atoms with van der Waals surface area (Å²) < 4.78 is 13.9. The third-order valence-corrected chi connectivity index (χ3v) is 2.27. The number of carboxylic acid groups (broad SMARTS) is 1.